The van der Waals surface area contributed by atoms with Crippen LogP contribution in [0.2, 0.25) is 0 Å². The van der Waals surface area contributed by atoms with Gasteiger partial charge in [0.05, 0.1) is 0 Å². The molecule has 1 aromatic carbocycles. The van der Waals surface area contributed by atoms with Gasteiger partial charge in [-0.15, -0.1) is 0 Å². The molecule has 28 heavy (non-hydrogen) atoms. The summed E-state index contributed by atoms with van der Waals surface area (Å²) in [6, 6.07) is 2.53. The first-order valence-electron chi connectivity index (χ1n) is 9.81. The fourth-order valence-corrected chi connectivity index (χ4v) is 4.37. The molecule has 8 heteroatoms. The topological polar surface area (TPSA) is 73.0 Å². The summed E-state index contributed by atoms with van der Waals surface area (Å²) in [4.78, 5) is 42.5. The van der Waals surface area contributed by atoms with Crippen LogP contribution in [0.4, 0.5) is 10.1 Å². The number of carbonyl (C=O) groups excluding carboxylic acids is 3. The Morgan fingerprint density at radius 3 is 2.46 bits per heavy atom. The highest BCUT2D eigenvalue weighted by atomic mass is 19.1. The van der Waals surface area contributed by atoms with Gasteiger partial charge in [0.25, 0.3) is 5.91 Å². The third-order valence-corrected chi connectivity index (χ3v) is 5.98. The van der Waals surface area contributed by atoms with Crippen molar-refractivity contribution in [3.05, 3.63) is 29.1 Å². The first-order chi connectivity index (χ1) is 13.3. The summed E-state index contributed by atoms with van der Waals surface area (Å²) in [7, 11) is 0. The van der Waals surface area contributed by atoms with E-state index in [1.165, 1.54) is 17.0 Å². The lowest BCUT2D eigenvalue weighted by molar-refractivity contribution is -0.136. The Morgan fingerprint density at radius 1 is 1.11 bits per heavy atom. The number of nitrogens with one attached hydrogen (secondary N) is 1. The van der Waals surface area contributed by atoms with Gasteiger partial charge in [-0.1, -0.05) is 0 Å². The van der Waals surface area contributed by atoms with Gasteiger partial charge >= 0.3 is 0 Å². The second-order valence-corrected chi connectivity index (χ2v) is 7.97. The predicted octanol–water partition coefficient (Wildman–Crippen LogP) is 1.12. The molecule has 2 fully saturated rings. The molecule has 0 aliphatic carbocycles. The lowest BCUT2D eigenvalue weighted by Gasteiger charge is -2.38. The molecule has 1 atom stereocenters. The summed E-state index contributed by atoms with van der Waals surface area (Å²) in [6.45, 7) is 7.88. The maximum absolute atomic E-state index is 14.3. The van der Waals surface area contributed by atoms with Gasteiger partial charge in [0, 0.05) is 62.0 Å². The van der Waals surface area contributed by atoms with Crippen molar-refractivity contribution in [1.29, 1.82) is 0 Å². The summed E-state index contributed by atoms with van der Waals surface area (Å²) >= 11 is 0. The molecule has 3 heterocycles. The number of halogens is 1. The highest BCUT2D eigenvalue weighted by Crippen LogP contribution is 2.35. The largest absolute Gasteiger partial charge is 0.369 e. The molecule has 0 saturated carbocycles. The van der Waals surface area contributed by atoms with Gasteiger partial charge in [-0.3, -0.25) is 24.6 Å². The molecule has 1 N–H and O–H groups in total. The molecule has 0 radical (unpaired) electrons. The van der Waals surface area contributed by atoms with Crippen molar-refractivity contribution < 1.29 is 18.8 Å². The van der Waals surface area contributed by atoms with Crippen LogP contribution in [-0.4, -0.2) is 65.8 Å². The van der Waals surface area contributed by atoms with Crippen LogP contribution in [0, 0.1) is 5.82 Å². The van der Waals surface area contributed by atoms with Crippen molar-refractivity contribution in [2.45, 2.75) is 45.3 Å². The second kappa shape index (κ2) is 7.16. The first-order valence-corrected chi connectivity index (χ1v) is 9.81. The van der Waals surface area contributed by atoms with Gasteiger partial charge in [-0.05, 0) is 32.4 Å². The number of fused-ring (bicyclic) bond motifs is 1. The molecule has 0 aromatic heterocycles. The lowest BCUT2D eigenvalue weighted by Crippen LogP contribution is -2.52. The molecule has 7 nitrogen and oxygen atoms in total. The number of piperazine rings is 1. The molecule has 4 rings (SSSR count). The van der Waals surface area contributed by atoms with Gasteiger partial charge < -0.3 is 9.80 Å². The van der Waals surface area contributed by atoms with Crippen molar-refractivity contribution >= 4 is 23.4 Å². The highest BCUT2D eigenvalue weighted by Gasteiger charge is 2.41. The van der Waals surface area contributed by atoms with E-state index in [2.05, 4.69) is 29.0 Å². The quantitative estimate of drug-likeness (QED) is 0.786. The van der Waals surface area contributed by atoms with Crippen LogP contribution >= 0.6 is 0 Å². The van der Waals surface area contributed by atoms with E-state index in [9.17, 15) is 18.8 Å². The summed E-state index contributed by atoms with van der Waals surface area (Å²) in [6.07, 6.45) is 0.504. The molecular formula is C20H25FN4O3. The third kappa shape index (κ3) is 3.26. The van der Waals surface area contributed by atoms with Crippen molar-refractivity contribution in [3.8, 4) is 0 Å². The van der Waals surface area contributed by atoms with Gasteiger partial charge in [-0.2, -0.15) is 0 Å². The smallest absolute Gasteiger partial charge is 0.255 e. The predicted molar refractivity (Wildman–Crippen MR) is 101 cm³/mol. The minimum atomic E-state index is -0.689. The number of piperidine rings is 1. The Labute approximate surface area is 163 Å². The van der Waals surface area contributed by atoms with Crippen molar-refractivity contribution in [3.63, 3.8) is 0 Å². The second-order valence-electron chi connectivity index (χ2n) is 7.97. The van der Waals surface area contributed by atoms with E-state index in [-0.39, 0.29) is 24.8 Å². The van der Waals surface area contributed by atoms with E-state index in [0.29, 0.717) is 18.0 Å². The van der Waals surface area contributed by atoms with Gasteiger partial charge in [0.15, 0.2) is 0 Å². The van der Waals surface area contributed by atoms with Crippen LogP contribution in [0.5, 0.6) is 0 Å². The number of amides is 3. The van der Waals surface area contributed by atoms with Crippen LogP contribution in [0.1, 0.15) is 42.6 Å². The first kappa shape index (κ1) is 18.9. The normalized spacial score (nSPS) is 23.4. The van der Waals surface area contributed by atoms with Crippen molar-refractivity contribution in [1.82, 2.24) is 15.1 Å². The Kier molecular flexibility index (Phi) is 4.82. The minimum Gasteiger partial charge on any atom is -0.369 e. The molecule has 0 spiro atoms. The zero-order chi connectivity index (χ0) is 20.0. The van der Waals surface area contributed by atoms with Gasteiger partial charge in [0.1, 0.15) is 11.9 Å². The van der Waals surface area contributed by atoms with Crippen molar-refractivity contribution in [2.24, 2.45) is 0 Å². The number of carbonyl (C=O) groups is 3. The van der Waals surface area contributed by atoms with E-state index < -0.39 is 17.8 Å². The zero-order valence-corrected chi connectivity index (χ0v) is 16.2. The summed E-state index contributed by atoms with van der Waals surface area (Å²) in [5.74, 6) is -1.56. The van der Waals surface area contributed by atoms with E-state index in [4.69, 9.17) is 0 Å². The van der Waals surface area contributed by atoms with Crippen LogP contribution in [0.3, 0.4) is 0 Å². The molecule has 1 aromatic rings. The number of rotatable bonds is 3. The monoisotopic (exact) mass is 388 g/mol. The minimum absolute atomic E-state index is 0.203. The summed E-state index contributed by atoms with van der Waals surface area (Å²) < 4.78 is 14.3. The fraction of sp³-hybridized carbons (Fsp3) is 0.550. The maximum atomic E-state index is 14.3. The van der Waals surface area contributed by atoms with Crippen LogP contribution in [0.15, 0.2) is 12.1 Å². The molecule has 3 aliphatic heterocycles. The average molecular weight is 388 g/mol. The molecule has 0 bridgehead atoms. The standard InChI is InChI=1S/C20H25FN4O3/c1-12(2)23-5-7-24(8-6-23)17-10-13(21)9-14-15(17)11-25(20(14)28)16-3-4-18(26)22-19(16)27/h9-10,12,16H,3-8,11H2,1-2H3,(H,22,26,27). The third-order valence-electron chi connectivity index (χ3n) is 5.98. The summed E-state index contributed by atoms with van der Waals surface area (Å²) in [5, 5.41) is 2.30. The molecule has 3 amide bonds. The Morgan fingerprint density at radius 2 is 1.82 bits per heavy atom. The number of hydrogen-bond acceptors (Lipinski definition) is 5. The molecule has 1 unspecified atom stereocenters. The average Bonchev–Trinajstić information content (AvgIpc) is 2.98. The van der Waals surface area contributed by atoms with Crippen LogP contribution in [0.25, 0.3) is 0 Å². The van der Waals surface area contributed by atoms with Gasteiger partial charge in [-0.25, -0.2) is 4.39 Å². The number of imide groups is 1. The number of hydrogen-bond donors (Lipinski definition) is 1. The summed E-state index contributed by atoms with van der Waals surface area (Å²) in [5.41, 5.74) is 1.83. The number of nitrogens with zero attached hydrogens (tertiary/aromatic N) is 3. The molecule has 150 valence electrons. The fourth-order valence-electron chi connectivity index (χ4n) is 4.37. The van der Waals surface area contributed by atoms with Crippen molar-refractivity contribution in [2.75, 3.05) is 31.1 Å². The number of benzene rings is 1. The maximum Gasteiger partial charge on any atom is 0.255 e. The SMILES string of the molecule is CC(C)N1CCN(c2cc(F)cc3c2CN(C2CCC(=O)NC2=O)C3=O)CC1. The number of anilines is 1. The van der Waals surface area contributed by atoms with E-state index in [1.54, 1.807) is 0 Å². The Bertz CT molecular complexity index is 833. The Balaban J connectivity index is 1.59. The molecule has 3 aliphatic rings. The highest BCUT2D eigenvalue weighted by molar-refractivity contribution is 6.06. The molecular weight excluding hydrogens is 363 g/mol. The van der Waals surface area contributed by atoms with E-state index in [1.807, 2.05) is 0 Å². The van der Waals surface area contributed by atoms with Crippen LogP contribution < -0.4 is 10.2 Å². The zero-order valence-electron chi connectivity index (χ0n) is 16.2. The van der Waals surface area contributed by atoms with E-state index in [0.717, 1.165) is 37.4 Å². The van der Waals surface area contributed by atoms with Crippen LogP contribution in [-0.2, 0) is 16.1 Å². The van der Waals surface area contributed by atoms with Gasteiger partial charge in [0.2, 0.25) is 11.8 Å². The molecule has 2 saturated heterocycles. The lowest BCUT2D eigenvalue weighted by atomic mass is 10.0. The van der Waals surface area contributed by atoms with E-state index >= 15 is 0 Å². The Hall–Kier alpha value is -2.48.